The van der Waals surface area contributed by atoms with Gasteiger partial charge < -0.3 is 10.8 Å². The predicted molar refractivity (Wildman–Crippen MR) is 38.1 cm³/mol. The number of hydrogen-bond acceptors (Lipinski definition) is 3. The van der Waals surface area contributed by atoms with Crippen LogP contribution in [0, 0.1) is 0 Å². The van der Waals surface area contributed by atoms with E-state index in [0.717, 1.165) is 24.5 Å². The molecule has 0 radical (unpaired) electrons. The maximum Gasteiger partial charge on any atom is 0.0521 e. The molecule has 0 unspecified atom stereocenters. The fourth-order valence-corrected chi connectivity index (χ4v) is 1.06. The van der Waals surface area contributed by atoms with Crippen molar-refractivity contribution in [2.75, 3.05) is 24.7 Å². The first-order valence-electron chi connectivity index (χ1n) is 2.80. The first-order chi connectivity index (χ1) is 3.91. The molecular formula is C5H13NOS. The lowest BCUT2D eigenvalue weighted by Crippen LogP contribution is -2.00. The molecule has 8 heavy (non-hydrogen) atoms. The van der Waals surface area contributed by atoms with Gasteiger partial charge in [-0.05, 0) is 18.7 Å². The molecule has 2 nitrogen and oxygen atoms in total. The van der Waals surface area contributed by atoms with Crippen LogP contribution >= 0.6 is 11.8 Å². The van der Waals surface area contributed by atoms with Crippen molar-refractivity contribution in [3.63, 3.8) is 0 Å². The second-order valence-corrected chi connectivity index (χ2v) is 2.70. The zero-order valence-electron chi connectivity index (χ0n) is 4.97. The van der Waals surface area contributed by atoms with Crippen LogP contribution in [0.1, 0.15) is 6.42 Å². The number of aliphatic hydroxyl groups is 1. The minimum Gasteiger partial charge on any atom is -0.396 e. The van der Waals surface area contributed by atoms with Gasteiger partial charge in [0.05, 0.1) is 6.61 Å². The van der Waals surface area contributed by atoms with Gasteiger partial charge in [0, 0.05) is 5.75 Å². The first kappa shape index (κ1) is 8.27. The zero-order chi connectivity index (χ0) is 6.24. The standard InChI is InChI=1S/C5H13NOS/c6-2-1-4-8-5-3-7/h7H,1-6H2. The highest BCUT2D eigenvalue weighted by Gasteiger charge is 1.83. The summed E-state index contributed by atoms with van der Waals surface area (Å²) in [6.45, 7) is 1.05. The van der Waals surface area contributed by atoms with Crippen molar-refractivity contribution in [3.05, 3.63) is 0 Å². The van der Waals surface area contributed by atoms with E-state index < -0.39 is 0 Å². The fourth-order valence-electron chi connectivity index (χ4n) is 0.352. The van der Waals surface area contributed by atoms with Gasteiger partial charge in [0.15, 0.2) is 0 Å². The van der Waals surface area contributed by atoms with Crippen LogP contribution in [0.5, 0.6) is 0 Å². The minimum absolute atomic E-state index is 0.287. The van der Waals surface area contributed by atoms with E-state index in [1.54, 1.807) is 11.8 Å². The molecule has 0 heterocycles. The second kappa shape index (κ2) is 7.27. The summed E-state index contributed by atoms with van der Waals surface area (Å²) in [6, 6.07) is 0. The lowest BCUT2D eigenvalue weighted by atomic mass is 10.5. The average molecular weight is 135 g/mol. The Labute approximate surface area is 54.5 Å². The van der Waals surface area contributed by atoms with Crippen LogP contribution in [-0.2, 0) is 0 Å². The largest absolute Gasteiger partial charge is 0.396 e. The van der Waals surface area contributed by atoms with Crippen molar-refractivity contribution in [2.24, 2.45) is 5.73 Å². The van der Waals surface area contributed by atoms with Gasteiger partial charge in [0.1, 0.15) is 0 Å². The zero-order valence-corrected chi connectivity index (χ0v) is 5.78. The molecular weight excluding hydrogens is 122 g/mol. The molecule has 0 saturated carbocycles. The lowest BCUT2D eigenvalue weighted by molar-refractivity contribution is 0.322. The van der Waals surface area contributed by atoms with Crippen LogP contribution in [0.3, 0.4) is 0 Å². The summed E-state index contributed by atoms with van der Waals surface area (Å²) >= 11 is 1.75. The van der Waals surface area contributed by atoms with E-state index in [9.17, 15) is 0 Å². The Hall–Kier alpha value is 0.270. The average Bonchev–Trinajstić information content (AvgIpc) is 1.81. The molecule has 0 rings (SSSR count). The Balaban J connectivity index is 2.53. The van der Waals surface area contributed by atoms with Crippen molar-refractivity contribution in [1.29, 1.82) is 0 Å². The molecule has 0 aromatic heterocycles. The van der Waals surface area contributed by atoms with Gasteiger partial charge in [0.25, 0.3) is 0 Å². The fraction of sp³-hybridized carbons (Fsp3) is 1.00. The van der Waals surface area contributed by atoms with Gasteiger partial charge in [-0.25, -0.2) is 0 Å². The second-order valence-electron chi connectivity index (χ2n) is 1.48. The molecule has 0 aliphatic carbocycles. The van der Waals surface area contributed by atoms with Gasteiger partial charge >= 0.3 is 0 Å². The summed E-state index contributed by atoms with van der Waals surface area (Å²) in [4.78, 5) is 0. The maximum atomic E-state index is 8.31. The van der Waals surface area contributed by atoms with E-state index in [1.165, 1.54) is 0 Å². The van der Waals surface area contributed by atoms with Crippen molar-refractivity contribution < 1.29 is 5.11 Å². The Morgan fingerprint density at radius 1 is 1.38 bits per heavy atom. The smallest absolute Gasteiger partial charge is 0.0521 e. The van der Waals surface area contributed by atoms with Crippen molar-refractivity contribution in [1.82, 2.24) is 0 Å². The SMILES string of the molecule is NCCCSCCO. The number of hydrogen-bond donors (Lipinski definition) is 2. The summed E-state index contributed by atoms with van der Waals surface area (Å²) in [7, 11) is 0. The lowest BCUT2D eigenvalue weighted by Gasteiger charge is -1.94. The number of aliphatic hydroxyl groups excluding tert-OH is 1. The van der Waals surface area contributed by atoms with Crippen molar-refractivity contribution >= 4 is 11.8 Å². The van der Waals surface area contributed by atoms with Crippen LogP contribution in [0.25, 0.3) is 0 Å². The number of nitrogens with two attached hydrogens (primary N) is 1. The van der Waals surface area contributed by atoms with Crippen molar-refractivity contribution in [2.45, 2.75) is 6.42 Å². The van der Waals surface area contributed by atoms with E-state index in [2.05, 4.69) is 0 Å². The van der Waals surface area contributed by atoms with Crippen molar-refractivity contribution in [3.8, 4) is 0 Å². The van der Waals surface area contributed by atoms with Crippen LogP contribution in [-0.4, -0.2) is 29.8 Å². The Morgan fingerprint density at radius 3 is 2.62 bits per heavy atom. The summed E-state index contributed by atoms with van der Waals surface area (Å²) in [5.74, 6) is 1.93. The summed E-state index contributed by atoms with van der Waals surface area (Å²) in [5, 5.41) is 8.31. The molecule has 0 aromatic carbocycles. The van der Waals surface area contributed by atoms with Crippen LogP contribution in [0.15, 0.2) is 0 Å². The molecule has 0 spiro atoms. The topological polar surface area (TPSA) is 46.2 Å². The first-order valence-corrected chi connectivity index (χ1v) is 3.96. The van der Waals surface area contributed by atoms with E-state index in [-0.39, 0.29) is 6.61 Å². The minimum atomic E-state index is 0.287. The molecule has 0 saturated heterocycles. The maximum absolute atomic E-state index is 8.31. The van der Waals surface area contributed by atoms with Gasteiger partial charge in [-0.15, -0.1) is 0 Å². The third-order valence-corrected chi connectivity index (χ3v) is 1.78. The van der Waals surface area contributed by atoms with Gasteiger partial charge in [-0.1, -0.05) is 0 Å². The van der Waals surface area contributed by atoms with Crippen LogP contribution in [0.2, 0.25) is 0 Å². The molecule has 0 atom stereocenters. The van der Waals surface area contributed by atoms with E-state index in [0.29, 0.717) is 0 Å². The molecule has 0 amide bonds. The molecule has 0 bridgehead atoms. The number of rotatable bonds is 5. The monoisotopic (exact) mass is 135 g/mol. The molecule has 50 valence electrons. The van der Waals surface area contributed by atoms with E-state index in [1.807, 2.05) is 0 Å². The predicted octanol–water partition coefficient (Wildman–Crippen LogP) is 0.0607. The van der Waals surface area contributed by atoms with Gasteiger partial charge in [-0.3, -0.25) is 0 Å². The molecule has 0 aromatic rings. The van der Waals surface area contributed by atoms with Gasteiger partial charge in [-0.2, -0.15) is 11.8 Å². The Bertz CT molecular complexity index is 37.4. The molecule has 3 N–H and O–H groups in total. The highest BCUT2D eigenvalue weighted by atomic mass is 32.2. The van der Waals surface area contributed by atoms with Crippen LogP contribution in [0.4, 0.5) is 0 Å². The normalized spacial score (nSPS) is 9.75. The summed E-state index contributed by atoms with van der Waals surface area (Å²) in [5.41, 5.74) is 5.23. The quantitative estimate of drug-likeness (QED) is 0.524. The van der Waals surface area contributed by atoms with Crippen LogP contribution < -0.4 is 5.73 Å². The van der Waals surface area contributed by atoms with Gasteiger partial charge in [0.2, 0.25) is 0 Å². The molecule has 0 fully saturated rings. The number of thioether (sulfide) groups is 1. The third-order valence-electron chi connectivity index (χ3n) is 0.728. The van der Waals surface area contributed by atoms with E-state index >= 15 is 0 Å². The molecule has 0 aliphatic rings. The third kappa shape index (κ3) is 6.27. The molecule has 3 heteroatoms. The Morgan fingerprint density at radius 2 is 2.12 bits per heavy atom. The highest BCUT2D eigenvalue weighted by Crippen LogP contribution is 1.98. The summed E-state index contributed by atoms with van der Waals surface area (Å²) < 4.78 is 0. The summed E-state index contributed by atoms with van der Waals surface area (Å²) in [6.07, 6.45) is 1.06. The Kier molecular flexibility index (Phi) is 7.52. The highest BCUT2D eigenvalue weighted by molar-refractivity contribution is 7.99. The van der Waals surface area contributed by atoms with E-state index in [4.69, 9.17) is 10.8 Å². The molecule has 0 aliphatic heterocycles.